The quantitative estimate of drug-likeness (QED) is 0.859. The Morgan fingerprint density at radius 2 is 1.96 bits per heavy atom. The Morgan fingerprint density at radius 1 is 1.21 bits per heavy atom. The van der Waals surface area contributed by atoms with E-state index in [-0.39, 0.29) is 18.1 Å². The van der Waals surface area contributed by atoms with Crippen molar-refractivity contribution in [2.75, 3.05) is 6.26 Å². The maximum Gasteiger partial charge on any atom is 0.315 e. The van der Waals surface area contributed by atoms with Gasteiger partial charge in [-0.15, -0.1) is 0 Å². The minimum Gasteiger partial charge on any atom is -0.334 e. The normalized spacial score (nSPS) is 27.3. The standard InChI is InChI=1S/C16H26N4O3S/c1-20-10-11-12(7-5-8-13(11)19-20)17-16(21)18-14-6-3-4-9-15(14)24(2,22)23/h10,12,14-15H,3-9H2,1-2H3,(H2,17,18,21)/t12?,14-,15-/m1/s1. The zero-order valence-corrected chi connectivity index (χ0v) is 15.1. The first-order valence-corrected chi connectivity index (χ1v) is 10.6. The first kappa shape index (κ1) is 17.3. The third-order valence-corrected chi connectivity index (χ3v) is 6.76. The summed E-state index contributed by atoms with van der Waals surface area (Å²) in [5.41, 5.74) is 2.11. The summed E-state index contributed by atoms with van der Waals surface area (Å²) in [7, 11) is -1.27. The van der Waals surface area contributed by atoms with E-state index in [1.807, 2.05) is 13.2 Å². The number of carbonyl (C=O) groups is 1. The first-order chi connectivity index (χ1) is 11.3. The monoisotopic (exact) mass is 354 g/mol. The molecular formula is C16H26N4O3S. The fourth-order valence-corrected chi connectivity index (χ4v) is 5.36. The lowest BCUT2D eigenvalue weighted by Crippen LogP contribution is -2.52. The lowest BCUT2D eigenvalue weighted by molar-refractivity contribution is 0.227. The van der Waals surface area contributed by atoms with Gasteiger partial charge in [0.25, 0.3) is 0 Å². The van der Waals surface area contributed by atoms with Crippen LogP contribution in [0.2, 0.25) is 0 Å². The molecular weight excluding hydrogens is 328 g/mol. The highest BCUT2D eigenvalue weighted by Crippen LogP contribution is 2.29. The van der Waals surface area contributed by atoms with E-state index in [4.69, 9.17) is 0 Å². The summed E-state index contributed by atoms with van der Waals surface area (Å²) < 4.78 is 25.7. The Morgan fingerprint density at radius 3 is 2.71 bits per heavy atom. The van der Waals surface area contributed by atoms with Crippen molar-refractivity contribution in [1.82, 2.24) is 20.4 Å². The molecule has 1 fully saturated rings. The Balaban J connectivity index is 1.65. The van der Waals surface area contributed by atoms with Gasteiger partial charge >= 0.3 is 6.03 Å². The molecule has 1 heterocycles. The van der Waals surface area contributed by atoms with Gasteiger partial charge in [0, 0.05) is 31.1 Å². The van der Waals surface area contributed by atoms with Gasteiger partial charge in [0.1, 0.15) is 0 Å². The van der Waals surface area contributed by atoms with Crippen LogP contribution in [-0.2, 0) is 23.3 Å². The summed E-state index contributed by atoms with van der Waals surface area (Å²) in [5.74, 6) is 0. The van der Waals surface area contributed by atoms with E-state index in [1.54, 1.807) is 4.68 Å². The SMILES string of the molecule is Cn1cc2c(n1)CCCC2NC(=O)N[C@@H]1CCCC[C@H]1S(C)(=O)=O. The van der Waals surface area contributed by atoms with Crippen LogP contribution >= 0.6 is 0 Å². The highest BCUT2D eigenvalue weighted by atomic mass is 32.2. The Hall–Kier alpha value is -1.57. The predicted molar refractivity (Wildman–Crippen MR) is 91.4 cm³/mol. The summed E-state index contributed by atoms with van der Waals surface area (Å²) in [4.78, 5) is 12.4. The highest BCUT2D eigenvalue weighted by molar-refractivity contribution is 7.91. The van der Waals surface area contributed by atoms with Crippen molar-refractivity contribution in [3.05, 3.63) is 17.5 Å². The number of aromatic nitrogens is 2. The minimum atomic E-state index is -3.15. The van der Waals surface area contributed by atoms with E-state index in [0.717, 1.165) is 43.4 Å². The van der Waals surface area contributed by atoms with Gasteiger partial charge in [-0.2, -0.15) is 5.10 Å². The van der Waals surface area contributed by atoms with Crippen LogP contribution in [0, 0.1) is 0 Å². The maximum atomic E-state index is 12.4. The van der Waals surface area contributed by atoms with Crippen LogP contribution in [-0.4, -0.2) is 41.8 Å². The number of sulfone groups is 1. The van der Waals surface area contributed by atoms with Crippen molar-refractivity contribution in [3.8, 4) is 0 Å². The number of nitrogens with one attached hydrogen (secondary N) is 2. The molecule has 1 saturated carbocycles. The number of hydrogen-bond acceptors (Lipinski definition) is 4. The van der Waals surface area contributed by atoms with Gasteiger partial charge in [-0.1, -0.05) is 12.8 Å². The van der Waals surface area contributed by atoms with E-state index < -0.39 is 15.1 Å². The maximum absolute atomic E-state index is 12.4. The molecule has 0 radical (unpaired) electrons. The van der Waals surface area contributed by atoms with Crippen molar-refractivity contribution < 1.29 is 13.2 Å². The second-order valence-electron chi connectivity index (χ2n) is 7.03. The number of aryl methyl sites for hydroxylation is 2. The Bertz CT molecular complexity index is 713. The molecule has 3 rings (SSSR count). The Kier molecular flexibility index (Phi) is 4.85. The van der Waals surface area contributed by atoms with Crippen molar-refractivity contribution in [1.29, 1.82) is 0 Å². The lowest BCUT2D eigenvalue weighted by atomic mass is 9.93. The molecule has 7 nitrogen and oxygen atoms in total. The van der Waals surface area contributed by atoms with E-state index in [0.29, 0.717) is 12.8 Å². The zero-order valence-electron chi connectivity index (χ0n) is 14.3. The van der Waals surface area contributed by atoms with Crippen LogP contribution in [0.25, 0.3) is 0 Å². The number of rotatable bonds is 3. The molecule has 24 heavy (non-hydrogen) atoms. The third kappa shape index (κ3) is 3.74. The second-order valence-corrected chi connectivity index (χ2v) is 9.29. The zero-order chi connectivity index (χ0) is 17.3. The molecule has 8 heteroatoms. The highest BCUT2D eigenvalue weighted by Gasteiger charge is 2.34. The van der Waals surface area contributed by atoms with Crippen molar-refractivity contribution >= 4 is 15.9 Å². The predicted octanol–water partition coefficient (Wildman–Crippen LogP) is 1.45. The van der Waals surface area contributed by atoms with Gasteiger partial charge in [-0.05, 0) is 32.1 Å². The van der Waals surface area contributed by atoms with Gasteiger partial charge < -0.3 is 10.6 Å². The summed E-state index contributed by atoms with van der Waals surface area (Å²) in [6.07, 6.45) is 9.23. The van der Waals surface area contributed by atoms with Crippen LogP contribution in [0.15, 0.2) is 6.20 Å². The fourth-order valence-electron chi connectivity index (χ4n) is 3.96. The molecule has 3 atom stereocenters. The number of fused-ring (bicyclic) bond motifs is 1. The summed E-state index contributed by atoms with van der Waals surface area (Å²) in [6, 6.07) is -0.634. The first-order valence-electron chi connectivity index (χ1n) is 8.63. The van der Waals surface area contributed by atoms with E-state index >= 15 is 0 Å². The van der Waals surface area contributed by atoms with Crippen molar-refractivity contribution in [2.45, 2.75) is 62.3 Å². The van der Waals surface area contributed by atoms with Crippen LogP contribution in [0.3, 0.4) is 0 Å². The number of hydrogen-bond donors (Lipinski definition) is 2. The van der Waals surface area contributed by atoms with Gasteiger partial charge in [-0.3, -0.25) is 4.68 Å². The summed E-state index contributed by atoms with van der Waals surface area (Å²) >= 11 is 0. The largest absolute Gasteiger partial charge is 0.334 e. The molecule has 2 amide bonds. The van der Waals surface area contributed by atoms with Gasteiger partial charge in [-0.25, -0.2) is 13.2 Å². The van der Waals surface area contributed by atoms with Gasteiger partial charge in [0.15, 0.2) is 9.84 Å². The summed E-state index contributed by atoms with van der Waals surface area (Å²) in [6.45, 7) is 0. The smallest absolute Gasteiger partial charge is 0.315 e. The van der Waals surface area contributed by atoms with E-state index in [1.165, 1.54) is 6.26 Å². The van der Waals surface area contributed by atoms with E-state index in [2.05, 4.69) is 15.7 Å². The average molecular weight is 354 g/mol. The average Bonchev–Trinajstić information content (AvgIpc) is 2.88. The molecule has 2 aliphatic carbocycles. The molecule has 0 saturated heterocycles. The number of carbonyl (C=O) groups excluding carboxylic acids is 1. The Labute approximate surface area is 143 Å². The fraction of sp³-hybridized carbons (Fsp3) is 0.750. The molecule has 0 aliphatic heterocycles. The van der Waals surface area contributed by atoms with Crippen LogP contribution in [0.1, 0.15) is 55.8 Å². The number of nitrogens with zero attached hydrogens (tertiary/aromatic N) is 2. The number of amides is 2. The molecule has 1 aromatic rings. The lowest BCUT2D eigenvalue weighted by Gasteiger charge is -2.32. The third-order valence-electron chi connectivity index (χ3n) is 5.09. The topological polar surface area (TPSA) is 93.1 Å². The molecule has 1 aromatic heterocycles. The molecule has 2 N–H and O–H groups in total. The number of urea groups is 1. The second kappa shape index (κ2) is 6.74. The van der Waals surface area contributed by atoms with Gasteiger partial charge in [0.2, 0.25) is 0 Å². The molecule has 0 spiro atoms. The molecule has 134 valence electrons. The van der Waals surface area contributed by atoms with Crippen LogP contribution < -0.4 is 10.6 Å². The minimum absolute atomic E-state index is 0.0530. The molecule has 2 aliphatic rings. The van der Waals surface area contributed by atoms with Gasteiger partial charge in [0.05, 0.1) is 17.0 Å². The van der Waals surface area contributed by atoms with Crippen LogP contribution in [0.4, 0.5) is 4.79 Å². The molecule has 1 unspecified atom stereocenters. The van der Waals surface area contributed by atoms with Crippen molar-refractivity contribution in [2.24, 2.45) is 7.05 Å². The molecule has 0 aromatic carbocycles. The van der Waals surface area contributed by atoms with E-state index in [9.17, 15) is 13.2 Å². The summed E-state index contributed by atoms with van der Waals surface area (Å²) in [5, 5.41) is 9.87. The van der Waals surface area contributed by atoms with Crippen molar-refractivity contribution in [3.63, 3.8) is 0 Å². The van der Waals surface area contributed by atoms with Crippen LogP contribution in [0.5, 0.6) is 0 Å². The molecule has 0 bridgehead atoms.